The van der Waals surface area contributed by atoms with Crippen LogP contribution in [-0.2, 0) is 4.79 Å². The highest BCUT2D eigenvalue weighted by Crippen LogP contribution is 2.52. The van der Waals surface area contributed by atoms with Crippen molar-refractivity contribution in [2.24, 2.45) is 5.92 Å². The van der Waals surface area contributed by atoms with Crippen molar-refractivity contribution in [3.63, 3.8) is 0 Å². The van der Waals surface area contributed by atoms with Crippen molar-refractivity contribution < 1.29 is 4.79 Å². The number of carbonyl (C=O) groups is 1. The second kappa shape index (κ2) is 8.64. The Balaban J connectivity index is 1.64. The average Bonchev–Trinajstić information content (AvgIpc) is 3.62. The second-order valence-corrected chi connectivity index (χ2v) is 9.41. The van der Waals surface area contributed by atoms with Gasteiger partial charge >= 0.3 is 0 Å². The number of likely N-dealkylation sites (tertiary alicyclic amines) is 1. The minimum Gasteiger partial charge on any atom is -0.326 e. The first-order chi connectivity index (χ1) is 15.1. The quantitative estimate of drug-likeness (QED) is 0.419. The zero-order chi connectivity index (χ0) is 21.4. The molecule has 0 radical (unpaired) electrons. The number of halogens is 2. The van der Waals surface area contributed by atoms with E-state index in [1.807, 2.05) is 48.7 Å². The van der Waals surface area contributed by atoms with Crippen molar-refractivity contribution in [3.05, 3.63) is 99.8 Å². The number of amides is 1. The van der Waals surface area contributed by atoms with Crippen LogP contribution in [0.25, 0.3) is 0 Å². The average molecular weight is 451 g/mol. The Morgan fingerprint density at radius 3 is 2.35 bits per heavy atom. The fourth-order valence-electron chi connectivity index (χ4n) is 4.96. The SMILES string of the molecule is O=C1CCC(c2cccc(Cl)c2)[C@@H](c2ccc(Cl)cc2)N1[C@@H](c1ccccn1)C1CC1. The van der Waals surface area contributed by atoms with Crippen molar-refractivity contribution in [1.29, 1.82) is 0 Å². The summed E-state index contributed by atoms with van der Waals surface area (Å²) >= 11 is 12.6. The summed E-state index contributed by atoms with van der Waals surface area (Å²) in [6, 6.07) is 21.9. The Labute approximate surface area is 193 Å². The van der Waals surface area contributed by atoms with E-state index in [0.717, 1.165) is 35.5 Å². The van der Waals surface area contributed by atoms with Gasteiger partial charge in [-0.05, 0) is 72.7 Å². The molecule has 1 aromatic heterocycles. The molecule has 3 nitrogen and oxygen atoms in total. The summed E-state index contributed by atoms with van der Waals surface area (Å²) in [6.07, 6.45) is 5.39. The summed E-state index contributed by atoms with van der Waals surface area (Å²) < 4.78 is 0. The number of carbonyl (C=O) groups excluding carboxylic acids is 1. The van der Waals surface area contributed by atoms with Gasteiger partial charge in [0.1, 0.15) is 0 Å². The molecule has 2 fully saturated rings. The number of aromatic nitrogens is 1. The van der Waals surface area contributed by atoms with E-state index in [1.54, 1.807) is 0 Å². The molecule has 31 heavy (non-hydrogen) atoms. The summed E-state index contributed by atoms with van der Waals surface area (Å²) in [4.78, 5) is 20.3. The lowest BCUT2D eigenvalue weighted by molar-refractivity contribution is -0.142. The highest BCUT2D eigenvalue weighted by molar-refractivity contribution is 6.30. The Bertz CT molecular complexity index is 1070. The Morgan fingerprint density at radius 1 is 0.871 bits per heavy atom. The van der Waals surface area contributed by atoms with Gasteiger partial charge in [0.15, 0.2) is 0 Å². The zero-order valence-corrected chi connectivity index (χ0v) is 18.6. The monoisotopic (exact) mass is 450 g/mol. The highest BCUT2D eigenvalue weighted by atomic mass is 35.5. The fourth-order valence-corrected chi connectivity index (χ4v) is 5.28. The molecular weight excluding hydrogens is 427 g/mol. The van der Waals surface area contributed by atoms with Gasteiger partial charge in [-0.2, -0.15) is 0 Å². The van der Waals surface area contributed by atoms with E-state index in [1.165, 1.54) is 5.56 Å². The molecule has 1 saturated heterocycles. The van der Waals surface area contributed by atoms with Crippen LogP contribution < -0.4 is 0 Å². The van der Waals surface area contributed by atoms with E-state index in [2.05, 4.69) is 34.1 Å². The molecule has 5 rings (SSSR count). The summed E-state index contributed by atoms with van der Waals surface area (Å²) in [5, 5.41) is 1.42. The minimum atomic E-state index is -0.0930. The number of piperidine rings is 1. The van der Waals surface area contributed by atoms with Crippen LogP contribution in [0.5, 0.6) is 0 Å². The van der Waals surface area contributed by atoms with Crippen molar-refractivity contribution >= 4 is 29.1 Å². The number of hydrogen-bond donors (Lipinski definition) is 0. The molecule has 1 aliphatic carbocycles. The fraction of sp³-hybridized carbons (Fsp3) is 0.308. The predicted octanol–water partition coefficient (Wildman–Crippen LogP) is 6.99. The molecule has 0 N–H and O–H groups in total. The van der Waals surface area contributed by atoms with Crippen LogP contribution in [0.4, 0.5) is 0 Å². The third-order valence-electron chi connectivity index (χ3n) is 6.49. The van der Waals surface area contributed by atoms with Gasteiger partial charge in [-0.25, -0.2) is 0 Å². The molecule has 1 aliphatic heterocycles. The predicted molar refractivity (Wildman–Crippen MR) is 124 cm³/mol. The molecule has 1 amide bonds. The van der Waals surface area contributed by atoms with Crippen LogP contribution in [0.15, 0.2) is 72.9 Å². The van der Waals surface area contributed by atoms with Gasteiger partial charge in [-0.3, -0.25) is 9.78 Å². The van der Waals surface area contributed by atoms with E-state index in [9.17, 15) is 4.79 Å². The number of pyridine rings is 1. The Morgan fingerprint density at radius 2 is 1.68 bits per heavy atom. The molecule has 158 valence electrons. The van der Waals surface area contributed by atoms with Gasteiger partial charge in [0.2, 0.25) is 5.91 Å². The van der Waals surface area contributed by atoms with Crippen molar-refractivity contribution in [3.8, 4) is 0 Å². The summed E-state index contributed by atoms with van der Waals surface area (Å²) in [5.41, 5.74) is 3.24. The van der Waals surface area contributed by atoms with Crippen LogP contribution >= 0.6 is 23.2 Å². The van der Waals surface area contributed by atoms with Gasteiger partial charge in [0, 0.05) is 28.6 Å². The molecule has 0 spiro atoms. The van der Waals surface area contributed by atoms with Crippen LogP contribution in [0.3, 0.4) is 0 Å². The molecule has 2 aliphatic rings. The zero-order valence-electron chi connectivity index (χ0n) is 17.1. The van der Waals surface area contributed by atoms with Gasteiger partial charge in [0.05, 0.1) is 17.8 Å². The normalized spacial score (nSPS) is 22.4. The number of rotatable bonds is 5. The summed E-state index contributed by atoms with van der Waals surface area (Å²) in [5.74, 6) is 0.801. The maximum absolute atomic E-state index is 13.5. The van der Waals surface area contributed by atoms with E-state index in [4.69, 9.17) is 23.2 Å². The van der Waals surface area contributed by atoms with Gasteiger partial charge < -0.3 is 4.90 Å². The van der Waals surface area contributed by atoms with Gasteiger partial charge in [-0.1, -0.05) is 53.5 Å². The summed E-state index contributed by atoms with van der Waals surface area (Å²) in [6.45, 7) is 0. The third-order valence-corrected chi connectivity index (χ3v) is 6.97. The van der Waals surface area contributed by atoms with Gasteiger partial charge in [0.25, 0.3) is 0 Å². The number of hydrogen-bond acceptors (Lipinski definition) is 2. The van der Waals surface area contributed by atoms with Crippen LogP contribution in [0.1, 0.15) is 60.5 Å². The topological polar surface area (TPSA) is 33.2 Å². The van der Waals surface area contributed by atoms with E-state index < -0.39 is 0 Å². The first kappa shape index (κ1) is 20.5. The molecule has 3 aromatic rings. The molecule has 0 bridgehead atoms. The minimum absolute atomic E-state index is 0.0173. The van der Waals surface area contributed by atoms with Crippen LogP contribution in [-0.4, -0.2) is 15.8 Å². The Kier molecular flexibility index (Phi) is 5.73. The highest BCUT2D eigenvalue weighted by Gasteiger charge is 2.47. The summed E-state index contributed by atoms with van der Waals surface area (Å²) in [7, 11) is 0. The van der Waals surface area contributed by atoms with E-state index in [0.29, 0.717) is 17.4 Å². The smallest absolute Gasteiger partial charge is 0.223 e. The van der Waals surface area contributed by atoms with Gasteiger partial charge in [-0.15, -0.1) is 0 Å². The van der Waals surface area contributed by atoms with Crippen LogP contribution in [0.2, 0.25) is 10.0 Å². The maximum atomic E-state index is 13.5. The van der Waals surface area contributed by atoms with E-state index in [-0.39, 0.29) is 23.9 Å². The molecule has 2 aromatic carbocycles. The maximum Gasteiger partial charge on any atom is 0.223 e. The van der Waals surface area contributed by atoms with Crippen molar-refractivity contribution in [1.82, 2.24) is 9.88 Å². The lowest BCUT2D eigenvalue weighted by atomic mass is 9.78. The first-order valence-electron chi connectivity index (χ1n) is 10.8. The largest absolute Gasteiger partial charge is 0.326 e. The first-order valence-corrected chi connectivity index (χ1v) is 11.6. The lowest BCUT2D eigenvalue weighted by Gasteiger charge is -2.46. The Hall–Kier alpha value is -2.36. The molecule has 3 atom stereocenters. The molecular formula is C26H24Cl2N2O. The number of nitrogens with zero attached hydrogens (tertiary/aromatic N) is 2. The molecule has 1 saturated carbocycles. The lowest BCUT2D eigenvalue weighted by Crippen LogP contribution is -2.45. The third kappa shape index (κ3) is 4.22. The molecule has 2 heterocycles. The molecule has 5 heteroatoms. The van der Waals surface area contributed by atoms with Crippen molar-refractivity contribution in [2.45, 2.75) is 43.7 Å². The van der Waals surface area contributed by atoms with E-state index >= 15 is 0 Å². The standard InChI is InChI=1S/C26H24Cl2N2O/c27-20-11-9-17(10-12-20)25-22(19-4-3-5-21(28)16-19)13-14-24(31)30(25)26(18-7-8-18)23-6-1-2-15-29-23/h1-6,9-12,15-16,18,22,25-26H,7-8,13-14H2/t22?,25-,26-/m1/s1. The molecule has 1 unspecified atom stereocenters. The van der Waals surface area contributed by atoms with Crippen LogP contribution in [0, 0.1) is 5.92 Å². The number of benzene rings is 2. The second-order valence-electron chi connectivity index (χ2n) is 8.53. The van der Waals surface area contributed by atoms with Crippen molar-refractivity contribution in [2.75, 3.05) is 0 Å².